The summed E-state index contributed by atoms with van der Waals surface area (Å²) in [5.74, 6) is -0.368. The Kier molecular flexibility index (Phi) is 6.22. The number of hydrogen-bond acceptors (Lipinski definition) is 4. The zero-order valence-corrected chi connectivity index (χ0v) is 11.9. The first-order chi connectivity index (χ1) is 9.36. The third-order valence-corrected chi connectivity index (χ3v) is 2.77. The largest absolute Gasteiger partial charge is 0.395 e. The molecule has 1 amide bonds. The summed E-state index contributed by atoms with van der Waals surface area (Å²) >= 11 is 5.85. The van der Waals surface area contributed by atoms with Gasteiger partial charge in [0.05, 0.1) is 24.4 Å². The third-order valence-electron chi connectivity index (χ3n) is 2.50. The van der Waals surface area contributed by atoms with E-state index < -0.39 is 25.5 Å². The second-order valence-corrected chi connectivity index (χ2v) is 4.85. The van der Waals surface area contributed by atoms with Gasteiger partial charge < -0.3 is 10.0 Å². The van der Waals surface area contributed by atoms with E-state index in [0.717, 1.165) is 4.90 Å². The van der Waals surface area contributed by atoms with Gasteiger partial charge in [0.15, 0.2) is 5.69 Å². The van der Waals surface area contributed by atoms with Crippen LogP contribution in [-0.4, -0.2) is 52.0 Å². The number of aliphatic hydroxyl groups excluding tert-OH is 1. The number of carbonyl (C=O) groups is 1. The number of carbonyl (C=O) groups excluding carboxylic acids is 1. The van der Waals surface area contributed by atoms with Crippen LogP contribution >= 0.6 is 11.6 Å². The highest BCUT2D eigenvalue weighted by Crippen LogP contribution is 2.18. The summed E-state index contributed by atoms with van der Waals surface area (Å²) in [6, 6.07) is 0. The van der Waals surface area contributed by atoms with Gasteiger partial charge in [0, 0.05) is 12.5 Å². The SMILES string of the molecule is CC(C)c1ncc(Cl)c(C(=O)N(CCO)CC(F)F)n1. The van der Waals surface area contributed by atoms with Gasteiger partial charge in [-0.25, -0.2) is 18.7 Å². The van der Waals surface area contributed by atoms with Gasteiger partial charge in [-0.2, -0.15) is 0 Å². The fourth-order valence-electron chi connectivity index (χ4n) is 1.52. The molecule has 0 aliphatic rings. The van der Waals surface area contributed by atoms with Gasteiger partial charge in [0.25, 0.3) is 12.3 Å². The molecule has 0 fully saturated rings. The highest BCUT2D eigenvalue weighted by atomic mass is 35.5. The molecule has 112 valence electrons. The van der Waals surface area contributed by atoms with Gasteiger partial charge in [-0.1, -0.05) is 25.4 Å². The molecule has 5 nitrogen and oxygen atoms in total. The number of aliphatic hydroxyl groups is 1. The molecule has 1 rings (SSSR count). The Bertz CT molecular complexity index is 472. The maximum atomic E-state index is 12.5. The molecule has 0 bridgehead atoms. The first kappa shape index (κ1) is 16.7. The highest BCUT2D eigenvalue weighted by Gasteiger charge is 2.23. The molecule has 20 heavy (non-hydrogen) atoms. The smallest absolute Gasteiger partial charge is 0.274 e. The van der Waals surface area contributed by atoms with E-state index in [-0.39, 0.29) is 23.2 Å². The monoisotopic (exact) mass is 307 g/mol. The molecule has 0 saturated carbocycles. The van der Waals surface area contributed by atoms with E-state index in [2.05, 4.69) is 9.97 Å². The molecule has 8 heteroatoms. The Hall–Kier alpha value is -1.34. The van der Waals surface area contributed by atoms with Crippen molar-refractivity contribution in [3.05, 3.63) is 22.7 Å². The Morgan fingerprint density at radius 1 is 1.50 bits per heavy atom. The van der Waals surface area contributed by atoms with Crippen LogP contribution in [0.15, 0.2) is 6.20 Å². The van der Waals surface area contributed by atoms with E-state index in [1.165, 1.54) is 6.20 Å². The number of rotatable bonds is 6. The van der Waals surface area contributed by atoms with Crippen molar-refractivity contribution in [1.29, 1.82) is 0 Å². The van der Waals surface area contributed by atoms with E-state index in [4.69, 9.17) is 16.7 Å². The van der Waals surface area contributed by atoms with E-state index in [1.807, 2.05) is 13.8 Å². The summed E-state index contributed by atoms with van der Waals surface area (Å²) in [6.07, 6.45) is -1.42. The van der Waals surface area contributed by atoms with Crippen LogP contribution in [0.1, 0.15) is 36.1 Å². The Morgan fingerprint density at radius 2 is 2.15 bits per heavy atom. The molecule has 0 radical (unpaired) electrons. The zero-order valence-electron chi connectivity index (χ0n) is 11.2. The summed E-state index contributed by atoms with van der Waals surface area (Å²) in [6.45, 7) is 2.26. The number of hydrogen-bond donors (Lipinski definition) is 1. The predicted octanol–water partition coefficient (Wildman–Crippen LogP) is 1.95. The van der Waals surface area contributed by atoms with Crippen molar-refractivity contribution >= 4 is 17.5 Å². The second kappa shape index (κ2) is 7.44. The van der Waals surface area contributed by atoms with E-state index in [1.54, 1.807) is 0 Å². The number of alkyl halides is 2. The van der Waals surface area contributed by atoms with Crippen molar-refractivity contribution in [2.45, 2.75) is 26.2 Å². The Morgan fingerprint density at radius 3 is 2.65 bits per heavy atom. The maximum Gasteiger partial charge on any atom is 0.274 e. The minimum atomic E-state index is -2.70. The summed E-state index contributed by atoms with van der Waals surface area (Å²) in [4.78, 5) is 21.0. The standard InChI is InChI=1S/C12H16ClF2N3O2/c1-7(2)11-16-5-8(13)10(17-11)12(20)18(3-4-19)6-9(14)15/h5,7,9,19H,3-4,6H2,1-2H3. The van der Waals surface area contributed by atoms with Gasteiger partial charge in [-0.15, -0.1) is 0 Å². The van der Waals surface area contributed by atoms with E-state index in [0.29, 0.717) is 5.82 Å². The molecule has 0 aliphatic carbocycles. The van der Waals surface area contributed by atoms with Crippen LogP contribution in [-0.2, 0) is 0 Å². The van der Waals surface area contributed by atoms with Gasteiger partial charge >= 0.3 is 0 Å². The first-order valence-electron chi connectivity index (χ1n) is 6.07. The predicted molar refractivity (Wildman–Crippen MR) is 70.1 cm³/mol. The first-order valence-corrected chi connectivity index (χ1v) is 6.45. The fourth-order valence-corrected chi connectivity index (χ4v) is 1.69. The van der Waals surface area contributed by atoms with Crippen LogP contribution in [0.3, 0.4) is 0 Å². The number of nitrogens with zero attached hydrogens (tertiary/aromatic N) is 3. The quantitative estimate of drug-likeness (QED) is 0.872. The Labute approximate surface area is 120 Å². The van der Waals surface area contributed by atoms with Crippen LogP contribution < -0.4 is 0 Å². The summed E-state index contributed by atoms with van der Waals surface area (Å²) in [5, 5.41) is 8.85. The van der Waals surface area contributed by atoms with Gasteiger partial charge in [-0.05, 0) is 0 Å². The molecule has 1 aromatic heterocycles. The summed E-state index contributed by atoms with van der Waals surface area (Å²) in [7, 11) is 0. The Balaban J connectivity index is 3.06. The molecule has 1 N–H and O–H groups in total. The number of halogens is 3. The van der Waals surface area contributed by atoms with Crippen molar-refractivity contribution < 1.29 is 18.7 Å². The van der Waals surface area contributed by atoms with Gasteiger partial charge in [-0.3, -0.25) is 4.79 Å². The normalized spacial score (nSPS) is 11.2. The lowest BCUT2D eigenvalue weighted by Gasteiger charge is -2.21. The molecular formula is C12H16ClF2N3O2. The molecule has 0 saturated heterocycles. The van der Waals surface area contributed by atoms with Gasteiger partial charge in [0.1, 0.15) is 5.82 Å². The summed E-state index contributed by atoms with van der Waals surface area (Å²) in [5.41, 5.74) is -0.125. The van der Waals surface area contributed by atoms with Crippen LogP contribution in [0.25, 0.3) is 0 Å². The molecule has 1 heterocycles. The van der Waals surface area contributed by atoms with Crippen molar-refractivity contribution in [1.82, 2.24) is 14.9 Å². The molecule has 0 unspecified atom stereocenters. The minimum Gasteiger partial charge on any atom is -0.395 e. The average Bonchev–Trinajstić information content (AvgIpc) is 2.37. The van der Waals surface area contributed by atoms with E-state index >= 15 is 0 Å². The molecule has 0 spiro atoms. The lowest BCUT2D eigenvalue weighted by Crippen LogP contribution is -2.38. The van der Waals surface area contributed by atoms with Crippen molar-refractivity contribution in [2.75, 3.05) is 19.7 Å². The van der Waals surface area contributed by atoms with Gasteiger partial charge in [0.2, 0.25) is 0 Å². The zero-order chi connectivity index (χ0) is 15.3. The fraction of sp³-hybridized carbons (Fsp3) is 0.583. The third kappa shape index (κ3) is 4.35. The van der Waals surface area contributed by atoms with Crippen molar-refractivity contribution in [3.63, 3.8) is 0 Å². The van der Waals surface area contributed by atoms with Crippen molar-refractivity contribution in [3.8, 4) is 0 Å². The van der Waals surface area contributed by atoms with E-state index in [9.17, 15) is 13.6 Å². The van der Waals surface area contributed by atoms with Crippen LogP contribution in [0.2, 0.25) is 5.02 Å². The van der Waals surface area contributed by atoms with Crippen LogP contribution in [0, 0.1) is 0 Å². The summed E-state index contributed by atoms with van der Waals surface area (Å²) < 4.78 is 24.9. The van der Waals surface area contributed by atoms with Crippen molar-refractivity contribution in [2.24, 2.45) is 0 Å². The highest BCUT2D eigenvalue weighted by molar-refractivity contribution is 6.33. The molecule has 0 atom stereocenters. The number of aromatic nitrogens is 2. The lowest BCUT2D eigenvalue weighted by atomic mass is 10.2. The molecule has 1 aromatic rings. The molecule has 0 aliphatic heterocycles. The number of amides is 1. The minimum absolute atomic E-state index is 0.00314. The topological polar surface area (TPSA) is 66.3 Å². The lowest BCUT2D eigenvalue weighted by molar-refractivity contribution is 0.0504. The second-order valence-electron chi connectivity index (χ2n) is 4.45. The van der Waals surface area contributed by atoms with Crippen LogP contribution in [0.5, 0.6) is 0 Å². The van der Waals surface area contributed by atoms with Crippen LogP contribution in [0.4, 0.5) is 8.78 Å². The maximum absolute atomic E-state index is 12.5. The molecule has 0 aromatic carbocycles. The molecular weight excluding hydrogens is 292 g/mol. The average molecular weight is 308 g/mol.